The minimum atomic E-state index is -0.293. The molecular formula is C19H24N4O3. The van der Waals surface area contributed by atoms with Crippen molar-refractivity contribution in [3.05, 3.63) is 35.7 Å². The van der Waals surface area contributed by atoms with Gasteiger partial charge in [-0.25, -0.2) is 0 Å². The van der Waals surface area contributed by atoms with Crippen molar-refractivity contribution in [2.24, 2.45) is 11.7 Å². The standard InChI is InChI=1S/C19H24N4O3/c1-19(2,3)18-21-16(26-22-18)13-6-4-5-7-14(13)17(25)23-10-8-12(9-11-23)15(20)24/h4-7,12H,8-11H2,1-3H3,(H2,20,24). The summed E-state index contributed by atoms with van der Waals surface area (Å²) < 4.78 is 5.41. The topological polar surface area (TPSA) is 102 Å². The summed E-state index contributed by atoms with van der Waals surface area (Å²) in [6, 6.07) is 7.22. The lowest BCUT2D eigenvalue weighted by Crippen LogP contribution is -2.41. The summed E-state index contributed by atoms with van der Waals surface area (Å²) in [6.07, 6.45) is 1.19. The Morgan fingerprint density at radius 1 is 1.19 bits per heavy atom. The molecule has 2 aromatic rings. The van der Waals surface area contributed by atoms with Crippen molar-refractivity contribution in [2.75, 3.05) is 13.1 Å². The summed E-state index contributed by atoms with van der Waals surface area (Å²) in [5.41, 5.74) is 6.27. The number of nitrogens with zero attached hydrogens (tertiary/aromatic N) is 3. The first-order valence-electron chi connectivity index (χ1n) is 8.79. The monoisotopic (exact) mass is 356 g/mol. The lowest BCUT2D eigenvalue weighted by Gasteiger charge is -2.30. The maximum atomic E-state index is 13.0. The highest BCUT2D eigenvalue weighted by Crippen LogP contribution is 2.28. The number of hydrogen-bond donors (Lipinski definition) is 1. The Hall–Kier alpha value is -2.70. The van der Waals surface area contributed by atoms with Crippen molar-refractivity contribution >= 4 is 11.8 Å². The molecule has 3 rings (SSSR count). The first-order valence-corrected chi connectivity index (χ1v) is 8.79. The van der Waals surface area contributed by atoms with Crippen LogP contribution in [0.1, 0.15) is 49.8 Å². The molecule has 1 aliphatic heterocycles. The molecule has 0 aliphatic carbocycles. The van der Waals surface area contributed by atoms with Crippen LogP contribution >= 0.6 is 0 Å². The van der Waals surface area contributed by atoms with Gasteiger partial charge < -0.3 is 15.2 Å². The smallest absolute Gasteiger partial charge is 0.258 e. The molecule has 1 aliphatic rings. The molecule has 0 atom stereocenters. The van der Waals surface area contributed by atoms with Gasteiger partial charge in [-0.2, -0.15) is 4.98 Å². The summed E-state index contributed by atoms with van der Waals surface area (Å²) in [7, 11) is 0. The zero-order valence-corrected chi connectivity index (χ0v) is 15.4. The zero-order valence-electron chi connectivity index (χ0n) is 15.4. The molecule has 0 bridgehead atoms. The molecule has 0 saturated carbocycles. The fraction of sp³-hybridized carbons (Fsp3) is 0.474. The van der Waals surface area contributed by atoms with Crippen LogP contribution in [0.15, 0.2) is 28.8 Å². The number of benzene rings is 1. The molecule has 26 heavy (non-hydrogen) atoms. The molecule has 1 aromatic heterocycles. The molecular weight excluding hydrogens is 332 g/mol. The van der Waals surface area contributed by atoms with Gasteiger partial charge in [0.05, 0.1) is 11.1 Å². The highest BCUT2D eigenvalue weighted by molar-refractivity contribution is 6.00. The van der Waals surface area contributed by atoms with Crippen LogP contribution in [-0.2, 0) is 10.2 Å². The summed E-state index contributed by atoms with van der Waals surface area (Å²) in [5, 5.41) is 4.04. The third kappa shape index (κ3) is 3.61. The normalized spacial score (nSPS) is 15.9. The fourth-order valence-electron chi connectivity index (χ4n) is 3.03. The van der Waals surface area contributed by atoms with Gasteiger partial charge in [0.2, 0.25) is 5.91 Å². The number of rotatable bonds is 3. The Bertz CT molecular complexity index is 814. The average Bonchev–Trinajstić information content (AvgIpc) is 3.11. The molecule has 0 radical (unpaired) electrons. The lowest BCUT2D eigenvalue weighted by atomic mass is 9.95. The molecule has 2 amide bonds. The van der Waals surface area contributed by atoms with E-state index in [0.29, 0.717) is 48.8 Å². The van der Waals surface area contributed by atoms with Crippen LogP contribution in [0.4, 0.5) is 0 Å². The van der Waals surface area contributed by atoms with Crippen LogP contribution in [-0.4, -0.2) is 39.9 Å². The van der Waals surface area contributed by atoms with E-state index in [1.807, 2.05) is 39.0 Å². The quantitative estimate of drug-likeness (QED) is 0.909. The van der Waals surface area contributed by atoms with E-state index >= 15 is 0 Å². The van der Waals surface area contributed by atoms with E-state index in [4.69, 9.17) is 10.3 Å². The van der Waals surface area contributed by atoms with E-state index in [-0.39, 0.29) is 23.1 Å². The van der Waals surface area contributed by atoms with E-state index in [0.717, 1.165) is 0 Å². The number of primary amides is 1. The zero-order chi connectivity index (χ0) is 18.9. The molecule has 7 nitrogen and oxygen atoms in total. The first-order chi connectivity index (χ1) is 12.3. The van der Waals surface area contributed by atoms with Crippen LogP contribution in [0, 0.1) is 5.92 Å². The van der Waals surface area contributed by atoms with Crippen molar-refractivity contribution in [2.45, 2.75) is 39.0 Å². The van der Waals surface area contributed by atoms with Crippen LogP contribution in [0.3, 0.4) is 0 Å². The van der Waals surface area contributed by atoms with Crippen molar-refractivity contribution in [3.8, 4) is 11.5 Å². The van der Waals surface area contributed by atoms with E-state index in [9.17, 15) is 9.59 Å². The maximum Gasteiger partial charge on any atom is 0.258 e. The van der Waals surface area contributed by atoms with Crippen molar-refractivity contribution in [1.29, 1.82) is 0 Å². The van der Waals surface area contributed by atoms with Crippen LogP contribution in [0.25, 0.3) is 11.5 Å². The molecule has 138 valence electrons. The Kier molecular flexibility index (Phi) is 4.80. The van der Waals surface area contributed by atoms with Crippen molar-refractivity contribution in [3.63, 3.8) is 0 Å². The minimum absolute atomic E-state index is 0.0981. The van der Waals surface area contributed by atoms with Crippen LogP contribution in [0.2, 0.25) is 0 Å². The molecule has 2 heterocycles. The number of aromatic nitrogens is 2. The Balaban J connectivity index is 1.85. The summed E-state index contributed by atoms with van der Waals surface area (Å²) in [6.45, 7) is 7.03. The number of piperidine rings is 1. The first kappa shape index (κ1) is 18.1. The van der Waals surface area contributed by atoms with Crippen molar-refractivity contribution in [1.82, 2.24) is 15.0 Å². The number of nitrogens with two attached hydrogens (primary N) is 1. The molecule has 7 heteroatoms. The van der Waals surface area contributed by atoms with Gasteiger partial charge in [0.15, 0.2) is 5.82 Å². The van der Waals surface area contributed by atoms with Gasteiger partial charge in [-0.05, 0) is 25.0 Å². The second kappa shape index (κ2) is 6.90. The number of carbonyl (C=O) groups excluding carboxylic acids is 2. The minimum Gasteiger partial charge on any atom is -0.369 e. The Labute approximate surface area is 152 Å². The number of hydrogen-bond acceptors (Lipinski definition) is 5. The third-order valence-electron chi connectivity index (χ3n) is 4.67. The van der Waals surface area contributed by atoms with E-state index in [1.54, 1.807) is 11.0 Å². The Morgan fingerprint density at radius 3 is 2.42 bits per heavy atom. The molecule has 0 spiro atoms. The van der Waals surface area contributed by atoms with Gasteiger partial charge in [0, 0.05) is 24.4 Å². The van der Waals surface area contributed by atoms with Gasteiger partial charge in [-0.1, -0.05) is 38.1 Å². The largest absolute Gasteiger partial charge is 0.369 e. The second-order valence-corrected chi connectivity index (χ2v) is 7.69. The molecule has 0 unspecified atom stereocenters. The number of likely N-dealkylation sites (tertiary alicyclic amines) is 1. The van der Waals surface area contributed by atoms with E-state index in [2.05, 4.69) is 10.1 Å². The van der Waals surface area contributed by atoms with Gasteiger partial charge in [0.25, 0.3) is 11.8 Å². The summed E-state index contributed by atoms with van der Waals surface area (Å²) >= 11 is 0. The van der Waals surface area contributed by atoms with Crippen molar-refractivity contribution < 1.29 is 14.1 Å². The lowest BCUT2D eigenvalue weighted by molar-refractivity contribution is -0.123. The molecule has 1 fully saturated rings. The SMILES string of the molecule is CC(C)(C)c1noc(-c2ccccc2C(=O)N2CCC(C(N)=O)CC2)n1. The average molecular weight is 356 g/mol. The summed E-state index contributed by atoms with van der Waals surface area (Å²) in [5.74, 6) is 0.389. The third-order valence-corrected chi connectivity index (χ3v) is 4.67. The van der Waals surface area contributed by atoms with Gasteiger partial charge in [-0.15, -0.1) is 0 Å². The second-order valence-electron chi connectivity index (χ2n) is 7.69. The van der Waals surface area contributed by atoms with Crippen LogP contribution in [0.5, 0.6) is 0 Å². The molecule has 1 saturated heterocycles. The molecule has 1 aromatic carbocycles. The predicted octanol–water partition coefficient (Wildman–Crippen LogP) is 2.37. The predicted molar refractivity (Wildman–Crippen MR) is 96.3 cm³/mol. The number of amides is 2. The number of carbonyl (C=O) groups is 2. The highest BCUT2D eigenvalue weighted by Gasteiger charge is 2.29. The fourth-order valence-corrected chi connectivity index (χ4v) is 3.03. The maximum absolute atomic E-state index is 13.0. The van der Waals surface area contributed by atoms with E-state index < -0.39 is 0 Å². The molecule has 2 N–H and O–H groups in total. The van der Waals surface area contributed by atoms with Crippen LogP contribution < -0.4 is 5.73 Å². The van der Waals surface area contributed by atoms with Gasteiger partial charge in [-0.3, -0.25) is 9.59 Å². The van der Waals surface area contributed by atoms with E-state index in [1.165, 1.54) is 0 Å². The summed E-state index contributed by atoms with van der Waals surface area (Å²) in [4.78, 5) is 30.5. The highest BCUT2D eigenvalue weighted by atomic mass is 16.5. The van der Waals surface area contributed by atoms with Gasteiger partial charge >= 0.3 is 0 Å². The van der Waals surface area contributed by atoms with Gasteiger partial charge in [0.1, 0.15) is 0 Å². The Morgan fingerprint density at radius 2 is 1.85 bits per heavy atom.